The highest BCUT2D eigenvalue weighted by Crippen LogP contribution is 2.11. The third-order valence-electron chi connectivity index (χ3n) is 2.57. The Morgan fingerprint density at radius 3 is 1.93 bits per heavy atom. The van der Waals surface area contributed by atoms with Gasteiger partial charge >= 0.3 is 0 Å². The quantitative estimate of drug-likeness (QED) is 0.716. The molecule has 0 aromatic carbocycles. The van der Waals surface area contributed by atoms with Crippen LogP contribution in [-0.2, 0) is 9.59 Å². The van der Waals surface area contributed by atoms with Crippen LogP contribution in [0.1, 0.15) is 40.5 Å². The molecule has 0 saturated carbocycles. The smallest absolute Gasteiger partial charge is 0.244 e. The van der Waals surface area contributed by atoms with E-state index in [9.17, 15) is 9.59 Å². The minimum Gasteiger partial charge on any atom is -0.344 e. The molecule has 0 aliphatic heterocycles. The van der Waals surface area contributed by atoms with Gasteiger partial charge in [0, 0.05) is 5.92 Å². The third-order valence-corrected chi connectivity index (χ3v) is 2.80. The Kier molecular flexibility index (Phi) is 6.57. The summed E-state index contributed by atoms with van der Waals surface area (Å²) in [7, 11) is 0. The van der Waals surface area contributed by atoms with Gasteiger partial charge in [-0.15, -0.1) is 0 Å². The van der Waals surface area contributed by atoms with Crippen LogP contribution in [0, 0.1) is 11.8 Å². The average Bonchev–Trinajstić information content (AvgIpc) is 2.15. The Morgan fingerprint density at radius 2 is 1.67 bits per heavy atom. The maximum Gasteiger partial charge on any atom is 0.244 e. The van der Waals surface area contributed by atoms with Crippen molar-refractivity contribution in [2.24, 2.45) is 11.8 Å². The molecule has 0 spiro atoms. The van der Waals surface area contributed by atoms with E-state index in [1.165, 1.54) is 0 Å². The molecule has 1 unspecified atom stereocenters. The fraction of sp³-hybridized carbons (Fsp3) is 0.818. The molecule has 0 aliphatic rings. The van der Waals surface area contributed by atoms with Crippen molar-refractivity contribution in [3.8, 4) is 0 Å². The monoisotopic (exact) mass is 233 g/mol. The number of carbonyl (C=O) groups is 2. The van der Waals surface area contributed by atoms with Crippen molar-refractivity contribution in [1.82, 2.24) is 5.32 Å². The number of rotatable bonds is 6. The summed E-state index contributed by atoms with van der Waals surface area (Å²) >= 11 is 5.42. The van der Waals surface area contributed by atoms with Crippen LogP contribution in [0.2, 0.25) is 0 Å². The van der Waals surface area contributed by atoms with E-state index < -0.39 is 11.3 Å². The van der Waals surface area contributed by atoms with E-state index in [-0.39, 0.29) is 17.7 Å². The highest BCUT2D eigenvalue weighted by atomic mass is 35.5. The molecule has 0 aromatic heterocycles. The van der Waals surface area contributed by atoms with Gasteiger partial charge in [0.15, 0.2) is 0 Å². The summed E-state index contributed by atoms with van der Waals surface area (Å²) < 4.78 is 0. The lowest BCUT2D eigenvalue weighted by Gasteiger charge is -2.21. The molecular weight excluding hydrogens is 214 g/mol. The minimum absolute atomic E-state index is 0.0216. The molecule has 0 radical (unpaired) electrons. The Morgan fingerprint density at radius 1 is 1.20 bits per heavy atom. The van der Waals surface area contributed by atoms with Gasteiger partial charge in [-0.2, -0.15) is 0 Å². The van der Waals surface area contributed by atoms with Crippen LogP contribution < -0.4 is 5.32 Å². The largest absolute Gasteiger partial charge is 0.344 e. The first-order valence-electron chi connectivity index (χ1n) is 5.43. The van der Waals surface area contributed by atoms with E-state index in [4.69, 9.17) is 11.6 Å². The van der Waals surface area contributed by atoms with Crippen LogP contribution in [0.15, 0.2) is 0 Å². The Balaban J connectivity index is 4.41. The van der Waals surface area contributed by atoms with Gasteiger partial charge < -0.3 is 5.32 Å². The Hall–Kier alpha value is -0.570. The number of hydrogen-bond donors (Lipinski definition) is 1. The van der Waals surface area contributed by atoms with Crippen molar-refractivity contribution < 1.29 is 9.59 Å². The SMILES string of the molecule is CCC(CC)C(=O)NC(C(=O)Cl)C(C)C. The first-order valence-corrected chi connectivity index (χ1v) is 5.81. The van der Waals surface area contributed by atoms with Gasteiger partial charge in [-0.3, -0.25) is 9.59 Å². The van der Waals surface area contributed by atoms with Crippen LogP contribution in [0.3, 0.4) is 0 Å². The van der Waals surface area contributed by atoms with Crippen LogP contribution >= 0.6 is 11.6 Å². The molecule has 0 aliphatic carbocycles. The van der Waals surface area contributed by atoms with Gasteiger partial charge in [0.1, 0.15) is 6.04 Å². The lowest BCUT2D eigenvalue weighted by Crippen LogP contribution is -2.45. The zero-order valence-corrected chi connectivity index (χ0v) is 10.6. The van der Waals surface area contributed by atoms with Crippen molar-refractivity contribution in [1.29, 1.82) is 0 Å². The number of hydrogen-bond acceptors (Lipinski definition) is 2. The summed E-state index contributed by atoms with van der Waals surface area (Å²) in [5, 5.41) is 2.20. The zero-order chi connectivity index (χ0) is 12.0. The molecule has 4 heteroatoms. The van der Waals surface area contributed by atoms with Crippen LogP contribution in [0.5, 0.6) is 0 Å². The fourth-order valence-corrected chi connectivity index (χ4v) is 1.72. The molecule has 1 N–H and O–H groups in total. The van der Waals surface area contributed by atoms with Gasteiger partial charge in [-0.1, -0.05) is 27.7 Å². The molecule has 0 heterocycles. The minimum atomic E-state index is -0.570. The van der Waals surface area contributed by atoms with Crippen molar-refractivity contribution in [3.05, 3.63) is 0 Å². The molecule has 0 bridgehead atoms. The molecular formula is C11H20ClNO2. The van der Waals surface area contributed by atoms with E-state index >= 15 is 0 Å². The van der Waals surface area contributed by atoms with Gasteiger partial charge in [-0.25, -0.2) is 0 Å². The fourth-order valence-electron chi connectivity index (χ4n) is 1.42. The van der Waals surface area contributed by atoms with Crippen molar-refractivity contribution in [2.75, 3.05) is 0 Å². The van der Waals surface area contributed by atoms with E-state index in [2.05, 4.69) is 5.32 Å². The second kappa shape index (κ2) is 6.83. The zero-order valence-electron chi connectivity index (χ0n) is 9.84. The van der Waals surface area contributed by atoms with Gasteiger partial charge in [0.05, 0.1) is 0 Å². The highest BCUT2D eigenvalue weighted by Gasteiger charge is 2.24. The van der Waals surface area contributed by atoms with Crippen LogP contribution in [0.25, 0.3) is 0 Å². The van der Waals surface area contributed by atoms with Crippen LogP contribution in [0.4, 0.5) is 0 Å². The van der Waals surface area contributed by atoms with Crippen molar-refractivity contribution in [3.63, 3.8) is 0 Å². The van der Waals surface area contributed by atoms with E-state index in [1.807, 2.05) is 27.7 Å². The molecule has 0 rings (SSSR count). The number of amides is 1. The predicted molar refractivity (Wildman–Crippen MR) is 61.7 cm³/mol. The molecule has 1 atom stereocenters. The summed E-state index contributed by atoms with van der Waals surface area (Å²) in [4.78, 5) is 22.8. The number of halogens is 1. The van der Waals surface area contributed by atoms with Crippen molar-refractivity contribution >= 4 is 22.8 Å². The molecule has 15 heavy (non-hydrogen) atoms. The lowest BCUT2D eigenvalue weighted by atomic mass is 10.00. The van der Waals surface area contributed by atoms with E-state index in [1.54, 1.807) is 0 Å². The Labute approximate surface area is 96.6 Å². The normalized spacial score (nSPS) is 13.0. The molecule has 0 saturated heterocycles. The first-order chi connectivity index (χ1) is 6.93. The highest BCUT2D eigenvalue weighted by molar-refractivity contribution is 6.64. The summed E-state index contributed by atoms with van der Waals surface area (Å²) in [6.07, 6.45) is 1.56. The Bertz CT molecular complexity index is 225. The van der Waals surface area contributed by atoms with Crippen molar-refractivity contribution in [2.45, 2.75) is 46.6 Å². The van der Waals surface area contributed by atoms with Gasteiger partial charge in [0.2, 0.25) is 11.1 Å². The summed E-state index contributed by atoms with van der Waals surface area (Å²) in [5.41, 5.74) is 0. The second-order valence-corrected chi connectivity index (χ2v) is 4.42. The summed E-state index contributed by atoms with van der Waals surface area (Å²) in [6, 6.07) is -0.570. The van der Waals surface area contributed by atoms with E-state index in [0.29, 0.717) is 0 Å². The molecule has 0 fully saturated rings. The maximum absolute atomic E-state index is 11.7. The topological polar surface area (TPSA) is 46.2 Å². The molecule has 3 nitrogen and oxygen atoms in total. The third kappa shape index (κ3) is 4.65. The second-order valence-electron chi connectivity index (χ2n) is 4.05. The standard InChI is InChI=1S/C11H20ClNO2/c1-5-8(6-2)11(15)13-9(7(3)4)10(12)14/h7-9H,5-6H2,1-4H3,(H,13,15). The maximum atomic E-state index is 11.7. The summed E-state index contributed by atoms with van der Waals surface area (Å²) in [5.74, 6) is -0.0803. The molecule has 1 amide bonds. The number of nitrogens with one attached hydrogen (secondary N) is 1. The van der Waals surface area contributed by atoms with E-state index in [0.717, 1.165) is 12.8 Å². The predicted octanol–water partition coefficient (Wildman–Crippen LogP) is 2.33. The average molecular weight is 234 g/mol. The lowest BCUT2D eigenvalue weighted by molar-refractivity contribution is -0.129. The van der Waals surface area contributed by atoms with Gasteiger partial charge in [0.25, 0.3) is 0 Å². The molecule has 0 aromatic rings. The van der Waals surface area contributed by atoms with Crippen LogP contribution in [-0.4, -0.2) is 17.2 Å². The summed E-state index contributed by atoms with van der Waals surface area (Å²) in [6.45, 7) is 7.64. The van der Waals surface area contributed by atoms with Gasteiger partial charge in [-0.05, 0) is 30.4 Å². The number of carbonyl (C=O) groups excluding carboxylic acids is 2. The molecule has 88 valence electrons. The first kappa shape index (κ1) is 14.4.